The minimum absolute atomic E-state index is 0.373. The smallest absolute Gasteiger partial charge is 0.168 e. The predicted molar refractivity (Wildman–Crippen MR) is 122 cm³/mol. The average molecular weight is 419 g/mol. The quantitative estimate of drug-likeness (QED) is 0.490. The van der Waals surface area contributed by atoms with Crippen LogP contribution in [-0.2, 0) is 0 Å². The molecule has 5 rings (SSSR count). The number of hydrogen-bond acceptors (Lipinski definition) is 5. The fraction of sp³-hybridized carbons (Fsp3) is 0.261. The Kier molecular flexibility index (Phi) is 4.79. The number of piperazine rings is 1. The van der Waals surface area contributed by atoms with Gasteiger partial charge in [0.05, 0.1) is 17.3 Å². The van der Waals surface area contributed by atoms with Crippen LogP contribution in [-0.4, -0.2) is 45.4 Å². The molecule has 0 bridgehead atoms. The average Bonchev–Trinajstić information content (AvgIpc) is 3.19. The monoisotopic (exact) mass is 418 g/mol. The zero-order valence-electron chi connectivity index (χ0n) is 17.0. The summed E-state index contributed by atoms with van der Waals surface area (Å²) >= 11 is 6.03. The molecule has 7 heteroatoms. The summed E-state index contributed by atoms with van der Waals surface area (Å²) in [5.41, 5.74) is 4.29. The predicted octanol–water partition coefficient (Wildman–Crippen LogP) is 4.49. The van der Waals surface area contributed by atoms with Gasteiger partial charge in [-0.25, -0.2) is 14.6 Å². The van der Waals surface area contributed by atoms with Crippen LogP contribution < -0.4 is 9.80 Å². The van der Waals surface area contributed by atoms with Gasteiger partial charge in [0.15, 0.2) is 5.65 Å². The van der Waals surface area contributed by atoms with Gasteiger partial charge < -0.3 is 9.80 Å². The van der Waals surface area contributed by atoms with Crippen LogP contribution in [0.3, 0.4) is 0 Å². The zero-order valence-corrected chi connectivity index (χ0v) is 17.8. The van der Waals surface area contributed by atoms with Crippen molar-refractivity contribution in [2.24, 2.45) is 0 Å². The van der Waals surface area contributed by atoms with E-state index in [2.05, 4.69) is 63.0 Å². The second kappa shape index (κ2) is 7.61. The first-order chi connectivity index (χ1) is 14.6. The Morgan fingerprint density at radius 1 is 0.933 bits per heavy atom. The van der Waals surface area contributed by atoms with E-state index in [1.165, 1.54) is 11.3 Å². The van der Waals surface area contributed by atoms with Gasteiger partial charge in [-0.2, -0.15) is 5.10 Å². The van der Waals surface area contributed by atoms with Crippen LogP contribution in [0.15, 0.2) is 61.1 Å². The van der Waals surface area contributed by atoms with Crippen molar-refractivity contribution >= 4 is 34.1 Å². The second-order valence-corrected chi connectivity index (χ2v) is 8.23. The fourth-order valence-corrected chi connectivity index (χ4v) is 4.25. The summed E-state index contributed by atoms with van der Waals surface area (Å²) in [4.78, 5) is 13.9. The molecular weight excluding hydrogens is 396 g/mol. The highest BCUT2D eigenvalue weighted by Crippen LogP contribution is 2.28. The fourth-order valence-electron chi connectivity index (χ4n) is 4.12. The highest BCUT2D eigenvalue weighted by Gasteiger charge is 2.26. The third kappa shape index (κ3) is 3.37. The molecule has 1 saturated heterocycles. The minimum Gasteiger partial charge on any atom is -0.365 e. The van der Waals surface area contributed by atoms with Crippen LogP contribution in [0, 0.1) is 6.92 Å². The van der Waals surface area contributed by atoms with Gasteiger partial charge in [-0.3, -0.25) is 0 Å². The van der Waals surface area contributed by atoms with Crippen LogP contribution in [0.2, 0.25) is 5.02 Å². The summed E-state index contributed by atoms with van der Waals surface area (Å²) in [5, 5.41) is 6.24. The lowest BCUT2D eigenvalue weighted by Gasteiger charge is -2.42. The molecule has 152 valence electrons. The molecule has 0 unspecified atom stereocenters. The molecule has 1 aliphatic heterocycles. The first-order valence-electron chi connectivity index (χ1n) is 10.1. The van der Waals surface area contributed by atoms with Crippen LogP contribution in [0.4, 0.5) is 11.5 Å². The largest absolute Gasteiger partial charge is 0.365 e. The molecule has 4 aromatic rings. The Hall–Kier alpha value is -3.12. The Morgan fingerprint density at radius 3 is 2.40 bits per heavy atom. The molecule has 6 nitrogen and oxygen atoms in total. The van der Waals surface area contributed by atoms with Crippen molar-refractivity contribution in [2.75, 3.05) is 29.4 Å². The standard InChI is InChI=1S/C23H23ClN6/c1-16-3-7-19(8-4-16)29-12-11-28(14-17(29)2)22-21-13-27-30(23(21)26-15-25-22)20-9-5-18(24)6-10-20/h3-10,13,15,17H,11-12,14H2,1-2H3/t17-/m0/s1. The third-order valence-electron chi connectivity index (χ3n) is 5.71. The number of benzene rings is 2. The van der Waals surface area contributed by atoms with Crippen molar-refractivity contribution in [3.8, 4) is 5.69 Å². The number of aromatic nitrogens is 4. The Labute approximate surface area is 180 Å². The summed E-state index contributed by atoms with van der Waals surface area (Å²) in [7, 11) is 0. The number of hydrogen-bond donors (Lipinski definition) is 0. The highest BCUT2D eigenvalue weighted by atomic mass is 35.5. The molecular formula is C23H23ClN6. The second-order valence-electron chi connectivity index (χ2n) is 7.79. The summed E-state index contributed by atoms with van der Waals surface area (Å²) in [6, 6.07) is 16.7. The molecule has 1 fully saturated rings. The maximum atomic E-state index is 6.03. The van der Waals surface area contributed by atoms with Gasteiger partial charge in [-0.05, 0) is 50.2 Å². The number of aryl methyl sites for hydroxylation is 1. The lowest BCUT2D eigenvalue weighted by molar-refractivity contribution is 0.548. The number of rotatable bonds is 3. The number of fused-ring (bicyclic) bond motifs is 1. The maximum Gasteiger partial charge on any atom is 0.168 e. The Balaban J connectivity index is 1.43. The van der Waals surface area contributed by atoms with Crippen LogP contribution >= 0.6 is 11.6 Å². The van der Waals surface area contributed by atoms with E-state index in [1.54, 1.807) is 6.33 Å². The SMILES string of the molecule is Cc1ccc(N2CCN(c3ncnc4c3cnn4-c3ccc(Cl)cc3)C[C@@H]2C)cc1. The lowest BCUT2D eigenvalue weighted by Crippen LogP contribution is -2.52. The van der Waals surface area contributed by atoms with Crippen molar-refractivity contribution in [1.29, 1.82) is 0 Å². The van der Waals surface area contributed by atoms with Gasteiger partial charge in [0.1, 0.15) is 12.1 Å². The van der Waals surface area contributed by atoms with Gasteiger partial charge in [0.25, 0.3) is 0 Å². The zero-order chi connectivity index (χ0) is 20.7. The minimum atomic E-state index is 0.373. The first kappa shape index (κ1) is 18.9. The molecule has 3 heterocycles. The molecule has 1 aliphatic rings. The summed E-state index contributed by atoms with van der Waals surface area (Å²) < 4.78 is 1.84. The van der Waals surface area contributed by atoms with Crippen molar-refractivity contribution < 1.29 is 0 Å². The van der Waals surface area contributed by atoms with Gasteiger partial charge in [-0.15, -0.1) is 0 Å². The summed E-state index contributed by atoms with van der Waals surface area (Å²) in [5.74, 6) is 0.940. The molecule has 30 heavy (non-hydrogen) atoms. The molecule has 0 aliphatic carbocycles. The highest BCUT2D eigenvalue weighted by molar-refractivity contribution is 6.30. The molecule has 0 amide bonds. The van der Waals surface area contributed by atoms with Crippen molar-refractivity contribution in [2.45, 2.75) is 19.9 Å². The van der Waals surface area contributed by atoms with Crippen LogP contribution in [0.5, 0.6) is 0 Å². The van der Waals surface area contributed by atoms with Gasteiger partial charge >= 0.3 is 0 Å². The van der Waals surface area contributed by atoms with Crippen LogP contribution in [0.1, 0.15) is 12.5 Å². The molecule has 0 saturated carbocycles. The molecule has 1 atom stereocenters. The summed E-state index contributed by atoms with van der Waals surface area (Å²) in [6.45, 7) is 7.13. The van der Waals surface area contributed by atoms with E-state index >= 15 is 0 Å². The molecule has 0 radical (unpaired) electrons. The normalized spacial score (nSPS) is 17.0. The van der Waals surface area contributed by atoms with E-state index in [0.717, 1.165) is 42.2 Å². The maximum absolute atomic E-state index is 6.03. The molecule has 0 spiro atoms. The van der Waals surface area contributed by atoms with E-state index < -0.39 is 0 Å². The van der Waals surface area contributed by atoms with Crippen molar-refractivity contribution in [3.05, 3.63) is 71.6 Å². The van der Waals surface area contributed by atoms with E-state index in [4.69, 9.17) is 11.6 Å². The van der Waals surface area contributed by atoms with Gasteiger partial charge in [0.2, 0.25) is 0 Å². The third-order valence-corrected chi connectivity index (χ3v) is 5.96. The number of nitrogens with zero attached hydrogens (tertiary/aromatic N) is 6. The van der Waals surface area contributed by atoms with E-state index in [0.29, 0.717) is 11.1 Å². The van der Waals surface area contributed by atoms with E-state index in [9.17, 15) is 0 Å². The first-order valence-corrected chi connectivity index (χ1v) is 10.5. The summed E-state index contributed by atoms with van der Waals surface area (Å²) in [6.07, 6.45) is 3.49. The molecule has 2 aromatic carbocycles. The van der Waals surface area contributed by atoms with E-state index in [1.807, 2.05) is 35.1 Å². The van der Waals surface area contributed by atoms with Crippen LogP contribution in [0.25, 0.3) is 16.7 Å². The topological polar surface area (TPSA) is 50.1 Å². The Bertz CT molecular complexity index is 1170. The lowest BCUT2D eigenvalue weighted by atomic mass is 10.1. The number of anilines is 2. The number of halogens is 1. The molecule has 2 aromatic heterocycles. The van der Waals surface area contributed by atoms with Gasteiger partial charge in [0, 0.05) is 36.4 Å². The van der Waals surface area contributed by atoms with Crippen molar-refractivity contribution in [3.63, 3.8) is 0 Å². The van der Waals surface area contributed by atoms with Gasteiger partial charge in [-0.1, -0.05) is 29.3 Å². The van der Waals surface area contributed by atoms with E-state index in [-0.39, 0.29) is 0 Å². The van der Waals surface area contributed by atoms with Crippen molar-refractivity contribution in [1.82, 2.24) is 19.7 Å². The molecule has 0 N–H and O–H groups in total. The Morgan fingerprint density at radius 2 is 1.67 bits per heavy atom.